The molecular weight excluding hydrogens is 134 g/mol. The van der Waals surface area contributed by atoms with E-state index in [0.717, 1.165) is 17.8 Å². The molecule has 0 radical (unpaired) electrons. The fourth-order valence-electron chi connectivity index (χ4n) is 2.34. The van der Waals surface area contributed by atoms with Crippen LogP contribution in [0.4, 0.5) is 0 Å². The molecule has 1 nitrogen and oxygen atoms in total. The summed E-state index contributed by atoms with van der Waals surface area (Å²) in [7, 11) is 0. The largest absolute Gasteiger partial charge is 0.303 e. The van der Waals surface area contributed by atoms with E-state index in [9.17, 15) is 0 Å². The molecule has 0 aromatic rings. The number of likely N-dealkylation sites (tertiary alicyclic amines) is 1. The van der Waals surface area contributed by atoms with Gasteiger partial charge in [-0.3, -0.25) is 0 Å². The van der Waals surface area contributed by atoms with Crippen LogP contribution in [-0.2, 0) is 0 Å². The highest BCUT2D eigenvalue weighted by atomic mass is 15.1. The summed E-state index contributed by atoms with van der Waals surface area (Å²) in [5.74, 6) is 3.09. The van der Waals surface area contributed by atoms with Crippen LogP contribution in [0, 0.1) is 17.8 Å². The average Bonchev–Trinajstić information content (AvgIpc) is 2.63. The Balaban J connectivity index is 1.76. The van der Waals surface area contributed by atoms with Crippen LogP contribution in [0.2, 0.25) is 0 Å². The molecule has 0 spiro atoms. The van der Waals surface area contributed by atoms with Gasteiger partial charge in [-0.15, -0.1) is 0 Å². The minimum Gasteiger partial charge on any atom is -0.303 e. The van der Waals surface area contributed by atoms with Crippen LogP contribution >= 0.6 is 0 Å². The summed E-state index contributed by atoms with van der Waals surface area (Å²) >= 11 is 0. The van der Waals surface area contributed by atoms with Crippen molar-refractivity contribution < 1.29 is 0 Å². The van der Waals surface area contributed by atoms with E-state index >= 15 is 0 Å². The molecule has 64 valence electrons. The first-order chi connectivity index (χ1) is 5.25. The van der Waals surface area contributed by atoms with Crippen molar-refractivity contribution in [3.05, 3.63) is 0 Å². The van der Waals surface area contributed by atoms with Gasteiger partial charge < -0.3 is 4.90 Å². The van der Waals surface area contributed by atoms with Crippen molar-refractivity contribution in [1.82, 2.24) is 4.90 Å². The highest BCUT2D eigenvalue weighted by molar-refractivity contribution is 4.92. The zero-order valence-electron chi connectivity index (χ0n) is 7.71. The van der Waals surface area contributed by atoms with Crippen molar-refractivity contribution in [3.63, 3.8) is 0 Å². The standard InChI is InChI=1S/C10H19N/c1-8(2)6-11-4-3-9-5-10(9)7-11/h8-10H,3-7H2,1-2H3. The molecule has 0 bridgehead atoms. The van der Waals surface area contributed by atoms with Crippen LogP contribution < -0.4 is 0 Å². The first-order valence-corrected chi connectivity index (χ1v) is 4.98. The van der Waals surface area contributed by atoms with E-state index in [-0.39, 0.29) is 0 Å². The molecule has 1 heteroatoms. The predicted molar refractivity (Wildman–Crippen MR) is 47.5 cm³/mol. The Labute approximate surface area is 69.8 Å². The summed E-state index contributed by atoms with van der Waals surface area (Å²) < 4.78 is 0. The van der Waals surface area contributed by atoms with Gasteiger partial charge >= 0.3 is 0 Å². The third-order valence-electron chi connectivity index (χ3n) is 3.00. The fraction of sp³-hybridized carbons (Fsp3) is 1.00. The van der Waals surface area contributed by atoms with Crippen molar-refractivity contribution in [2.45, 2.75) is 26.7 Å². The van der Waals surface area contributed by atoms with Crippen molar-refractivity contribution in [3.8, 4) is 0 Å². The van der Waals surface area contributed by atoms with Gasteiger partial charge in [0, 0.05) is 13.1 Å². The second kappa shape index (κ2) is 2.78. The van der Waals surface area contributed by atoms with Gasteiger partial charge in [0.1, 0.15) is 0 Å². The molecule has 11 heavy (non-hydrogen) atoms. The Morgan fingerprint density at radius 1 is 1.36 bits per heavy atom. The van der Waals surface area contributed by atoms with E-state index in [1.807, 2.05) is 0 Å². The number of nitrogens with zero attached hydrogens (tertiary/aromatic N) is 1. The number of fused-ring (bicyclic) bond motifs is 1. The highest BCUT2D eigenvalue weighted by Gasteiger charge is 2.41. The van der Waals surface area contributed by atoms with Gasteiger partial charge in [-0.2, -0.15) is 0 Å². The molecule has 1 saturated heterocycles. The van der Waals surface area contributed by atoms with Crippen LogP contribution in [0.5, 0.6) is 0 Å². The van der Waals surface area contributed by atoms with E-state index in [2.05, 4.69) is 18.7 Å². The molecule has 0 amide bonds. The van der Waals surface area contributed by atoms with Crippen LogP contribution in [-0.4, -0.2) is 24.5 Å². The summed E-state index contributed by atoms with van der Waals surface area (Å²) in [6.07, 6.45) is 3.02. The maximum Gasteiger partial charge on any atom is 0.00125 e. The van der Waals surface area contributed by atoms with Crippen LogP contribution in [0.25, 0.3) is 0 Å². The highest BCUT2D eigenvalue weighted by Crippen LogP contribution is 2.44. The van der Waals surface area contributed by atoms with Gasteiger partial charge in [0.2, 0.25) is 0 Å². The SMILES string of the molecule is CC(C)CN1CCC2CC2C1. The van der Waals surface area contributed by atoms with E-state index in [4.69, 9.17) is 0 Å². The molecule has 0 aromatic heterocycles. The fourth-order valence-corrected chi connectivity index (χ4v) is 2.34. The van der Waals surface area contributed by atoms with Gasteiger partial charge in [-0.25, -0.2) is 0 Å². The van der Waals surface area contributed by atoms with E-state index in [1.54, 1.807) is 0 Å². The molecule has 2 aliphatic rings. The Hall–Kier alpha value is -0.0400. The lowest BCUT2D eigenvalue weighted by atomic mass is 10.1. The smallest absolute Gasteiger partial charge is 0.00125 e. The van der Waals surface area contributed by atoms with Gasteiger partial charge in [-0.1, -0.05) is 13.8 Å². The number of rotatable bonds is 2. The van der Waals surface area contributed by atoms with Crippen molar-refractivity contribution >= 4 is 0 Å². The molecule has 1 aliphatic carbocycles. The molecule has 2 atom stereocenters. The summed E-state index contributed by atoms with van der Waals surface area (Å²) in [6.45, 7) is 8.74. The molecule has 1 saturated carbocycles. The topological polar surface area (TPSA) is 3.24 Å². The maximum atomic E-state index is 2.65. The van der Waals surface area contributed by atoms with Gasteiger partial charge in [0.25, 0.3) is 0 Å². The molecule has 2 rings (SSSR count). The van der Waals surface area contributed by atoms with E-state index in [0.29, 0.717) is 0 Å². The zero-order valence-corrected chi connectivity index (χ0v) is 7.71. The predicted octanol–water partition coefficient (Wildman–Crippen LogP) is 1.98. The lowest BCUT2D eigenvalue weighted by Crippen LogP contribution is -2.34. The zero-order chi connectivity index (χ0) is 7.84. The molecule has 2 unspecified atom stereocenters. The molecule has 1 heterocycles. The van der Waals surface area contributed by atoms with Crippen LogP contribution in [0.3, 0.4) is 0 Å². The van der Waals surface area contributed by atoms with Crippen molar-refractivity contribution in [2.75, 3.05) is 19.6 Å². The molecule has 2 fully saturated rings. The van der Waals surface area contributed by atoms with Crippen LogP contribution in [0.1, 0.15) is 26.7 Å². The van der Waals surface area contributed by atoms with E-state index in [1.165, 1.54) is 32.5 Å². The number of hydrogen-bond donors (Lipinski definition) is 0. The number of hydrogen-bond acceptors (Lipinski definition) is 1. The van der Waals surface area contributed by atoms with Crippen molar-refractivity contribution in [1.29, 1.82) is 0 Å². The Kier molecular flexibility index (Phi) is 1.92. The van der Waals surface area contributed by atoms with Gasteiger partial charge in [-0.05, 0) is 37.1 Å². The second-order valence-corrected chi connectivity index (χ2v) is 4.70. The van der Waals surface area contributed by atoms with Crippen molar-refractivity contribution in [2.24, 2.45) is 17.8 Å². The monoisotopic (exact) mass is 153 g/mol. The normalized spacial score (nSPS) is 37.4. The molecule has 1 aliphatic heterocycles. The summed E-state index contributed by atoms with van der Waals surface area (Å²) in [6, 6.07) is 0. The first kappa shape index (κ1) is 7.60. The van der Waals surface area contributed by atoms with Gasteiger partial charge in [0.15, 0.2) is 0 Å². The second-order valence-electron chi connectivity index (χ2n) is 4.70. The van der Waals surface area contributed by atoms with E-state index < -0.39 is 0 Å². The number of piperidine rings is 1. The molecule has 0 aromatic carbocycles. The minimum atomic E-state index is 0.852. The lowest BCUT2D eigenvalue weighted by molar-refractivity contribution is 0.198. The Morgan fingerprint density at radius 2 is 2.18 bits per heavy atom. The maximum absolute atomic E-state index is 2.65. The van der Waals surface area contributed by atoms with Gasteiger partial charge in [0.05, 0.1) is 0 Å². The Bertz CT molecular complexity index is 140. The summed E-state index contributed by atoms with van der Waals surface area (Å²) in [4.78, 5) is 2.65. The third-order valence-corrected chi connectivity index (χ3v) is 3.00. The Morgan fingerprint density at radius 3 is 2.82 bits per heavy atom. The summed E-state index contributed by atoms with van der Waals surface area (Å²) in [5.41, 5.74) is 0. The quantitative estimate of drug-likeness (QED) is 0.586. The minimum absolute atomic E-state index is 0.852. The third kappa shape index (κ3) is 1.76. The average molecular weight is 153 g/mol. The van der Waals surface area contributed by atoms with Crippen LogP contribution in [0.15, 0.2) is 0 Å². The lowest BCUT2D eigenvalue weighted by Gasteiger charge is -2.27. The molecular formula is C10H19N. The molecule has 0 N–H and O–H groups in total. The first-order valence-electron chi connectivity index (χ1n) is 4.98. The summed E-state index contributed by atoms with van der Waals surface area (Å²) in [5, 5.41) is 0.